The van der Waals surface area contributed by atoms with Crippen molar-refractivity contribution in [2.45, 2.75) is 91.1 Å². The fraction of sp³-hybridized carbons (Fsp3) is 0.484. The lowest BCUT2D eigenvalue weighted by atomic mass is 9.69. The highest BCUT2D eigenvalue weighted by Crippen LogP contribution is 2.40. The van der Waals surface area contributed by atoms with Crippen LogP contribution in [-0.4, -0.2) is 34.2 Å². The summed E-state index contributed by atoms with van der Waals surface area (Å²) in [6.07, 6.45) is 7.60. The van der Waals surface area contributed by atoms with Gasteiger partial charge in [-0.3, -0.25) is 9.59 Å². The Labute approximate surface area is 216 Å². The van der Waals surface area contributed by atoms with E-state index in [1.54, 1.807) is 0 Å². The molecule has 0 saturated carbocycles. The van der Waals surface area contributed by atoms with E-state index < -0.39 is 11.6 Å². The third-order valence-electron chi connectivity index (χ3n) is 7.70. The highest BCUT2D eigenvalue weighted by Gasteiger charge is 2.31. The van der Waals surface area contributed by atoms with E-state index in [-0.39, 0.29) is 17.7 Å². The number of aliphatic carboxylic acids is 1. The molecule has 2 aromatic rings. The summed E-state index contributed by atoms with van der Waals surface area (Å²) < 4.78 is 0. The number of nitrogens with one attached hydrogen (secondary N) is 1. The molecule has 3 N–H and O–H groups in total. The van der Waals surface area contributed by atoms with E-state index in [9.17, 15) is 14.7 Å². The maximum atomic E-state index is 12.7. The van der Waals surface area contributed by atoms with Crippen LogP contribution >= 0.6 is 0 Å². The Balaban J connectivity index is 2.34. The quantitative estimate of drug-likeness (QED) is 0.276. The van der Waals surface area contributed by atoms with Gasteiger partial charge in [0.25, 0.3) is 5.91 Å². The van der Waals surface area contributed by atoms with Gasteiger partial charge < -0.3 is 15.5 Å². The van der Waals surface area contributed by atoms with Crippen LogP contribution in [0, 0.1) is 13.8 Å². The number of carbonyl (C=O) groups excluding carboxylic acids is 1. The summed E-state index contributed by atoms with van der Waals surface area (Å²) in [5, 5.41) is 22.2. The lowest BCUT2D eigenvalue weighted by Gasteiger charge is -2.34. The fourth-order valence-electron chi connectivity index (χ4n) is 4.88. The molecule has 5 heteroatoms. The Morgan fingerprint density at radius 1 is 0.889 bits per heavy atom. The van der Waals surface area contributed by atoms with Crippen LogP contribution in [0.1, 0.15) is 104 Å². The number of carbonyl (C=O) groups is 2. The number of benzene rings is 2. The van der Waals surface area contributed by atoms with E-state index in [4.69, 9.17) is 5.11 Å². The zero-order chi connectivity index (χ0) is 26.9. The SMILES string of the molecule is CCC(O)(C=Cc1ccc(C(CC)(CC)c2ccc(C(=O)NCCCC(=O)O)c(C)c2)cc1C)CC. The second-order valence-electron chi connectivity index (χ2n) is 9.79. The molecule has 0 saturated heterocycles. The number of aliphatic hydroxyl groups is 1. The molecule has 0 aliphatic rings. The Bertz CT molecular complexity index is 1080. The molecule has 0 bridgehead atoms. The highest BCUT2D eigenvalue weighted by molar-refractivity contribution is 5.95. The smallest absolute Gasteiger partial charge is 0.303 e. The number of carboxylic acid groups (broad SMARTS) is 1. The average molecular weight is 494 g/mol. The van der Waals surface area contributed by atoms with Crippen molar-refractivity contribution in [1.29, 1.82) is 0 Å². The van der Waals surface area contributed by atoms with Crippen LogP contribution in [0.5, 0.6) is 0 Å². The van der Waals surface area contributed by atoms with Crippen molar-refractivity contribution < 1.29 is 19.8 Å². The molecule has 1 amide bonds. The van der Waals surface area contributed by atoms with Gasteiger partial charge in [-0.2, -0.15) is 0 Å². The molecule has 0 fully saturated rings. The summed E-state index contributed by atoms with van der Waals surface area (Å²) in [7, 11) is 0. The molecular formula is C31H43NO4. The van der Waals surface area contributed by atoms with Crippen molar-refractivity contribution in [2.24, 2.45) is 0 Å². The van der Waals surface area contributed by atoms with Gasteiger partial charge in [0.05, 0.1) is 5.60 Å². The van der Waals surface area contributed by atoms with Gasteiger partial charge in [0, 0.05) is 23.9 Å². The first-order valence-corrected chi connectivity index (χ1v) is 13.2. The number of aryl methyl sites for hydroxylation is 2. The number of hydrogen-bond donors (Lipinski definition) is 3. The van der Waals surface area contributed by atoms with Crippen molar-refractivity contribution in [2.75, 3.05) is 6.54 Å². The number of carboxylic acids is 1. The van der Waals surface area contributed by atoms with Crippen molar-refractivity contribution in [3.63, 3.8) is 0 Å². The zero-order valence-electron chi connectivity index (χ0n) is 22.8. The third kappa shape index (κ3) is 6.85. The topological polar surface area (TPSA) is 86.6 Å². The van der Waals surface area contributed by atoms with Crippen LogP contribution < -0.4 is 5.32 Å². The molecule has 0 aliphatic carbocycles. The van der Waals surface area contributed by atoms with Crippen LogP contribution in [0.4, 0.5) is 0 Å². The largest absolute Gasteiger partial charge is 0.481 e. The summed E-state index contributed by atoms with van der Waals surface area (Å²) in [6, 6.07) is 12.6. The summed E-state index contributed by atoms with van der Waals surface area (Å²) in [5.74, 6) is -1.03. The van der Waals surface area contributed by atoms with E-state index in [1.165, 1.54) is 16.7 Å². The van der Waals surface area contributed by atoms with Crippen molar-refractivity contribution in [3.8, 4) is 0 Å². The monoisotopic (exact) mass is 493 g/mol. The fourth-order valence-corrected chi connectivity index (χ4v) is 4.88. The molecule has 196 valence electrons. The molecule has 36 heavy (non-hydrogen) atoms. The predicted octanol–water partition coefficient (Wildman–Crippen LogP) is 6.57. The van der Waals surface area contributed by atoms with Crippen LogP contribution in [0.3, 0.4) is 0 Å². The molecule has 0 atom stereocenters. The van der Waals surface area contributed by atoms with Gasteiger partial charge in [-0.1, -0.05) is 70.2 Å². The van der Waals surface area contributed by atoms with Crippen molar-refractivity contribution in [3.05, 3.63) is 75.9 Å². The number of hydrogen-bond acceptors (Lipinski definition) is 3. The Hall–Kier alpha value is -2.92. The summed E-state index contributed by atoms with van der Waals surface area (Å²) in [5.41, 5.74) is 5.26. The Kier molecular flexibility index (Phi) is 10.5. The van der Waals surface area contributed by atoms with Crippen LogP contribution in [0.15, 0.2) is 42.5 Å². The Morgan fingerprint density at radius 2 is 1.47 bits per heavy atom. The number of rotatable bonds is 13. The molecular weight excluding hydrogens is 450 g/mol. The van der Waals surface area contributed by atoms with E-state index in [2.05, 4.69) is 56.4 Å². The van der Waals surface area contributed by atoms with Gasteiger partial charge >= 0.3 is 5.97 Å². The first kappa shape index (κ1) is 29.3. The van der Waals surface area contributed by atoms with E-state index >= 15 is 0 Å². The number of amides is 1. The maximum Gasteiger partial charge on any atom is 0.303 e. The van der Waals surface area contributed by atoms with Gasteiger partial charge in [-0.15, -0.1) is 0 Å². The van der Waals surface area contributed by atoms with E-state index in [0.717, 1.165) is 24.0 Å². The summed E-state index contributed by atoms with van der Waals surface area (Å²) in [4.78, 5) is 23.3. The molecule has 5 nitrogen and oxygen atoms in total. The van der Waals surface area contributed by atoms with Crippen LogP contribution in [-0.2, 0) is 10.2 Å². The molecule has 0 unspecified atom stereocenters. The van der Waals surface area contributed by atoms with Gasteiger partial charge in [0.15, 0.2) is 0 Å². The minimum atomic E-state index is -0.858. The van der Waals surface area contributed by atoms with E-state index in [0.29, 0.717) is 31.4 Å². The normalized spacial score (nSPS) is 12.2. The van der Waals surface area contributed by atoms with Crippen LogP contribution in [0.25, 0.3) is 6.08 Å². The Morgan fingerprint density at radius 3 is 1.97 bits per heavy atom. The van der Waals surface area contributed by atoms with Crippen molar-refractivity contribution >= 4 is 18.0 Å². The first-order valence-electron chi connectivity index (χ1n) is 13.2. The molecule has 0 aromatic heterocycles. The lowest BCUT2D eigenvalue weighted by molar-refractivity contribution is -0.137. The zero-order valence-corrected chi connectivity index (χ0v) is 22.8. The predicted molar refractivity (Wildman–Crippen MR) is 147 cm³/mol. The van der Waals surface area contributed by atoms with Gasteiger partial charge in [-0.25, -0.2) is 0 Å². The second kappa shape index (κ2) is 12.9. The van der Waals surface area contributed by atoms with Gasteiger partial charge in [0.1, 0.15) is 0 Å². The first-order chi connectivity index (χ1) is 17.1. The van der Waals surface area contributed by atoms with Gasteiger partial charge in [0.2, 0.25) is 0 Å². The second-order valence-corrected chi connectivity index (χ2v) is 9.79. The van der Waals surface area contributed by atoms with Crippen molar-refractivity contribution in [1.82, 2.24) is 5.32 Å². The maximum absolute atomic E-state index is 12.7. The standard InChI is InChI=1S/C31H43NO4/c1-7-30(36,8-2)18-17-24-13-14-25(20-22(24)5)31(9-3,10-4)26-15-16-27(23(6)21-26)29(35)32-19-11-12-28(33)34/h13-18,20-21,36H,7-12,19H2,1-6H3,(H,32,35)(H,33,34). The molecule has 0 spiro atoms. The van der Waals surface area contributed by atoms with Crippen LogP contribution in [0.2, 0.25) is 0 Å². The lowest BCUT2D eigenvalue weighted by Crippen LogP contribution is -2.28. The minimum Gasteiger partial charge on any atom is -0.481 e. The van der Waals surface area contributed by atoms with E-state index in [1.807, 2.05) is 39.0 Å². The summed E-state index contributed by atoms with van der Waals surface area (Å²) >= 11 is 0. The molecule has 0 aliphatic heterocycles. The molecule has 2 rings (SSSR count). The summed E-state index contributed by atoms with van der Waals surface area (Å²) in [6.45, 7) is 12.8. The third-order valence-corrected chi connectivity index (χ3v) is 7.70. The molecule has 0 radical (unpaired) electrons. The average Bonchev–Trinajstić information content (AvgIpc) is 2.86. The highest BCUT2D eigenvalue weighted by atomic mass is 16.4. The van der Waals surface area contributed by atoms with Gasteiger partial charge in [-0.05, 0) is 79.8 Å². The molecule has 2 aromatic carbocycles. The molecule has 0 heterocycles. The minimum absolute atomic E-state index is 0.0415.